The smallest absolute Gasteiger partial charge is 0.277 e. The van der Waals surface area contributed by atoms with E-state index in [9.17, 15) is 4.79 Å². The first-order valence-electron chi connectivity index (χ1n) is 10.3. The highest BCUT2D eigenvalue weighted by molar-refractivity contribution is 6.29. The molecule has 1 aliphatic heterocycles. The number of benzene rings is 1. The summed E-state index contributed by atoms with van der Waals surface area (Å²) in [5.74, 6) is -0.0231. The largest absolute Gasteiger partial charge is 0.444 e. The molecule has 1 fully saturated rings. The van der Waals surface area contributed by atoms with Crippen LogP contribution in [0.25, 0.3) is 22.4 Å². The Kier molecular flexibility index (Phi) is 7.12. The molecule has 3 aromatic heterocycles. The number of pyridine rings is 1. The van der Waals surface area contributed by atoms with Crippen molar-refractivity contribution >= 4 is 51.7 Å². The molecule has 0 aliphatic carbocycles. The number of nitrogens with one attached hydrogen (secondary N) is 1. The van der Waals surface area contributed by atoms with Crippen LogP contribution in [0, 0.1) is 0 Å². The minimum atomic E-state index is -0.336. The monoisotopic (exact) mass is 488 g/mol. The molecule has 33 heavy (non-hydrogen) atoms. The van der Waals surface area contributed by atoms with Crippen molar-refractivity contribution in [1.82, 2.24) is 19.7 Å². The minimum absolute atomic E-state index is 0.193. The molecule has 0 saturated carbocycles. The summed E-state index contributed by atoms with van der Waals surface area (Å²) in [5, 5.41) is 8.84. The predicted molar refractivity (Wildman–Crippen MR) is 128 cm³/mol. The number of rotatable bonds is 4. The van der Waals surface area contributed by atoms with E-state index in [1.54, 1.807) is 23.0 Å². The van der Waals surface area contributed by atoms with Crippen molar-refractivity contribution in [2.75, 3.05) is 23.3 Å². The molecule has 0 bridgehead atoms. The van der Waals surface area contributed by atoms with Crippen molar-refractivity contribution in [3.05, 3.63) is 53.8 Å². The summed E-state index contributed by atoms with van der Waals surface area (Å²) in [6, 6.07) is 7.38. The summed E-state index contributed by atoms with van der Waals surface area (Å²) >= 11 is 9.58. The molecule has 4 heterocycles. The van der Waals surface area contributed by atoms with Crippen LogP contribution in [-0.2, 0) is 7.05 Å². The van der Waals surface area contributed by atoms with E-state index in [-0.39, 0.29) is 11.6 Å². The van der Waals surface area contributed by atoms with Crippen molar-refractivity contribution in [1.29, 1.82) is 0 Å². The second kappa shape index (κ2) is 10.2. The van der Waals surface area contributed by atoms with Crippen LogP contribution in [0.5, 0.6) is 0 Å². The first-order valence-corrected chi connectivity index (χ1v) is 11.1. The maximum Gasteiger partial charge on any atom is 0.277 e. The lowest BCUT2D eigenvalue weighted by molar-refractivity contribution is 0.102. The van der Waals surface area contributed by atoms with Gasteiger partial charge in [0.25, 0.3) is 5.91 Å². The van der Waals surface area contributed by atoms with Gasteiger partial charge in [-0.25, -0.2) is 9.97 Å². The standard InChI is InChI=1S/C22H21ClN6O2.ClHO/c1-28-12-15-9-17(19(11-16(15)27-28)29-7-3-2-4-8-29)25-21(30)18-13-31-22(26-18)14-5-6-24-20(23)10-14;1-2/h5-6,9-13H,2-4,7-8H2,1H3,(H,25,30);2H. The number of oxazole rings is 1. The Balaban J connectivity index is 0.00000126. The number of halogens is 2. The van der Waals surface area contributed by atoms with Crippen LogP contribution in [-0.4, -0.2) is 43.4 Å². The highest BCUT2D eigenvalue weighted by atomic mass is 35.5. The van der Waals surface area contributed by atoms with Gasteiger partial charge in [-0.3, -0.25) is 14.1 Å². The lowest BCUT2D eigenvalue weighted by Gasteiger charge is -2.30. The van der Waals surface area contributed by atoms with E-state index in [0.717, 1.165) is 48.2 Å². The number of carbonyl (C=O) groups excluding carboxylic acids is 1. The average molecular weight is 489 g/mol. The van der Waals surface area contributed by atoms with Crippen molar-refractivity contribution in [2.24, 2.45) is 7.05 Å². The van der Waals surface area contributed by atoms with E-state index in [1.165, 1.54) is 12.7 Å². The van der Waals surface area contributed by atoms with Gasteiger partial charge in [0.15, 0.2) is 5.69 Å². The molecule has 1 aromatic carbocycles. The number of aryl methyl sites for hydroxylation is 1. The number of amides is 1. The molecule has 0 atom stereocenters. The van der Waals surface area contributed by atoms with E-state index >= 15 is 0 Å². The molecule has 0 unspecified atom stereocenters. The molecule has 1 saturated heterocycles. The lowest BCUT2D eigenvalue weighted by Crippen LogP contribution is -2.30. The number of hydrogen-bond acceptors (Lipinski definition) is 7. The topological polar surface area (TPSA) is 109 Å². The summed E-state index contributed by atoms with van der Waals surface area (Å²) in [7, 11) is 1.89. The SMILES string of the molecule is Cn1cc2cc(NC(=O)c3coc(-c4ccnc(Cl)c4)n3)c(N3CCCCC3)cc2n1.OCl. The zero-order chi connectivity index (χ0) is 23.4. The Morgan fingerprint density at radius 3 is 2.73 bits per heavy atom. The number of anilines is 2. The second-order valence-corrected chi connectivity index (χ2v) is 8.03. The maximum atomic E-state index is 13.0. The van der Waals surface area contributed by atoms with Gasteiger partial charge in [-0.15, -0.1) is 0 Å². The summed E-state index contributed by atoms with van der Waals surface area (Å²) in [6.45, 7) is 1.91. The molecule has 0 radical (unpaired) electrons. The number of carbonyl (C=O) groups is 1. The Morgan fingerprint density at radius 2 is 1.97 bits per heavy atom. The molecule has 172 valence electrons. The van der Waals surface area contributed by atoms with E-state index in [4.69, 9.17) is 20.7 Å². The molecule has 4 aromatic rings. The van der Waals surface area contributed by atoms with Crippen LogP contribution in [0.1, 0.15) is 29.8 Å². The second-order valence-electron chi connectivity index (χ2n) is 7.64. The van der Waals surface area contributed by atoms with E-state index in [0.29, 0.717) is 16.6 Å². The van der Waals surface area contributed by atoms with Crippen LogP contribution < -0.4 is 10.2 Å². The fourth-order valence-electron chi connectivity index (χ4n) is 3.91. The first-order chi connectivity index (χ1) is 16.1. The molecule has 5 rings (SSSR count). The van der Waals surface area contributed by atoms with Crippen molar-refractivity contribution < 1.29 is 13.9 Å². The van der Waals surface area contributed by atoms with Gasteiger partial charge < -0.3 is 14.6 Å². The molecular formula is C22H22Cl2N6O3. The van der Waals surface area contributed by atoms with Crippen LogP contribution in [0.3, 0.4) is 0 Å². The summed E-state index contributed by atoms with van der Waals surface area (Å²) in [6.07, 6.45) is 8.35. The van der Waals surface area contributed by atoms with Gasteiger partial charge in [-0.05, 0) is 43.5 Å². The Morgan fingerprint density at radius 1 is 1.18 bits per heavy atom. The van der Waals surface area contributed by atoms with Crippen molar-refractivity contribution in [3.63, 3.8) is 0 Å². The Hall–Kier alpha value is -3.14. The van der Waals surface area contributed by atoms with Crippen LogP contribution in [0.2, 0.25) is 5.15 Å². The third kappa shape index (κ3) is 5.11. The summed E-state index contributed by atoms with van der Waals surface area (Å²) < 4.78 is 13.8. The van der Waals surface area contributed by atoms with Gasteiger partial charge in [0.2, 0.25) is 5.89 Å². The Labute approximate surface area is 200 Å². The minimum Gasteiger partial charge on any atom is -0.444 e. The number of fused-ring (bicyclic) bond motifs is 1. The fraction of sp³-hybridized carbons (Fsp3) is 0.273. The highest BCUT2D eigenvalue weighted by Crippen LogP contribution is 2.33. The molecule has 1 amide bonds. The van der Waals surface area contributed by atoms with Gasteiger partial charge in [0.05, 0.1) is 28.8 Å². The summed E-state index contributed by atoms with van der Waals surface area (Å²) in [4.78, 5) is 23.6. The van der Waals surface area contributed by atoms with Gasteiger partial charge >= 0.3 is 0 Å². The quantitative estimate of drug-likeness (QED) is 0.402. The van der Waals surface area contributed by atoms with Gasteiger partial charge in [-0.2, -0.15) is 5.10 Å². The van der Waals surface area contributed by atoms with Gasteiger partial charge in [-0.1, -0.05) is 11.6 Å². The summed E-state index contributed by atoms with van der Waals surface area (Å²) in [5.41, 5.74) is 3.47. The van der Waals surface area contributed by atoms with E-state index < -0.39 is 0 Å². The van der Waals surface area contributed by atoms with E-state index in [2.05, 4.69) is 37.1 Å². The normalized spacial score (nSPS) is 13.5. The van der Waals surface area contributed by atoms with Crippen molar-refractivity contribution in [2.45, 2.75) is 19.3 Å². The van der Waals surface area contributed by atoms with Gasteiger partial charge in [0, 0.05) is 43.5 Å². The third-order valence-electron chi connectivity index (χ3n) is 5.39. The molecular weight excluding hydrogens is 467 g/mol. The maximum absolute atomic E-state index is 13.0. The number of hydrogen-bond donors (Lipinski definition) is 2. The predicted octanol–water partition coefficient (Wildman–Crippen LogP) is 4.65. The van der Waals surface area contributed by atoms with Crippen LogP contribution in [0.4, 0.5) is 11.4 Å². The molecule has 1 aliphatic rings. The molecule has 11 heteroatoms. The first kappa shape index (κ1) is 23.0. The highest BCUT2D eigenvalue weighted by Gasteiger charge is 2.20. The number of aromatic nitrogens is 4. The fourth-order valence-corrected chi connectivity index (χ4v) is 4.09. The van der Waals surface area contributed by atoms with Crippen molar-refractivity contribution in [3.8, 4) is 11.5 Å². The number of nitrogens with zero attached hydrogens (tertiary/aromatic N) is 5. The van der Waals surface area contributed by atoms with E-state index in [1.807, 2.05) is 25.4 Å². The zero-order valence-corrected chi connectivity index (χ0v) is 19.3. The Bertz CT molecular complexity index is 1270. The lowest BCUT2D eigenvalue weighted by atomic mass is 10.1. The van der Waals surface area contributed by atoms with Gasteiger partial charge in [0.1, 0.15) is 11.4 Å². The molecule has 2 N–H and O–H groups in total. The number of piperidine rings is 1. The average Bonchev–Trinajstić information content (AvgIpc) is 3.46. The zero-order valence-electron chi connectivity index (χ0n) is 17.8. The third-order valence-corrected chi connectivity index (χ3v) is 5.60. The van der Waals surface area contributed by atoms with Crippen LogP contribution in [0.15, 0.2) is 47.3 Å². The molecule has 0 spiro atoms. The van der Waals surface area contributed by atoms with Crippen LogP contribution >= 0.6 is 23.5 Å². The molecule has 9 nitrogen and oxygen atoms in total.